The van der Waals surface area contributed by atoms with Crippen LogP contribution in [0.5, 0.6) is 0 Å². The van der Waals surface area contributed by atoms with Crippen molar-refractivity contribution < 1.29 is 18.6 Å². The molecule has 0 radical (unpaired) electrons. The first-order valence-electron chi connectivity index (χ1n) is 7.24. The Kier molecular flexibility index (Phi) is 4.35. The van der Waals surface area contributed by atoms with Gasteiger partial charge < -0.3 is 13.8 Å². The molecule has 1 atom stereocenters. The number of aryl methyl sites for hydroxylation is 2. The van der Waals surface area contributed by atoms with Crippen molar-refractivity contribution in [1.29, 1.82) is 0 Å². The highest BCUT2D eigenvalue weighted by Gasteiger charge is 2.27. The van der Waals surface area contributed by atoms with Crippen LogP contribution >= 0.6 is 0 Å². The fraction of sp³-hybridized carbons (Fsp3) is 0.600. The molecule has 7 heteroatoms. The molecule has 0 aliphatic heterocycles. The number of esters is 1. The molecule has 0 spiro atoms. The minimum absolute atomic E-state index is 0.230. The molecule has 0 aliphatic carbocycles. The molecule has 0 N–H and O–H groups in total. The fourth-order valence-electron chi connectivity index (χ4n) is 1.90. The van der Waals surface area contributed by atoms with Gasteiger partial charge in [-0.2, -0.15) is 4.98 Å². The minimum atomic E-state index is -0.643. The van der Waals surface area contributed by atoms with Crippen molar-refractivity contribution in [2.75, 3.05) is 0 Å². The Labute approximate surface area is 129 Å². The molecule has 0 saturated heterocycles. The molecule has 22 heavy (non-hydrogen) atoms. The van der Waals surface area contributed by atoms with Crippen LogP contribution in [0, 0.1) is 6.92 Å². The highest BCUT2D eigenvalue weighted by molar-refractivity contribution is 5.91. The van der Waals surface area contributed by atoms with Gasteiger partial charge in [-0.3, -0.25) is 0 Å². The van der Waals surface area contributed by atoms with Crippen molar-refractivity contribution in [3.8, 4) is 0 Å². The molecule has 0 bridgehead atoms. The maximum absolute atomic E-state index is 12.3. The molecule has 0 unspecified atom stereocenters. The first kappa shape index (κ1) is 16.2. The maximum Gasteiger partial charge on any atom is 0.344 e. The van der Waals surface area contributed by atoms with Crippen LogP contribution in [-0.2, 0) is 16.6 Å². The Balaban J connectivity index is 2.15. The summed E-state index contributed by atoms with van der Waals surface area (Å²) in [5, 5.41) is 7.77. The molecule has 120 valence electrons. The summed E-state index contributed by atoms with van der Waals surface area (Å²) in [7, 11) is 0. The molecule has 0 fully saturated rings. The Morgan fingerprint density at radius 1 is 1.27 bits per heavy atom. The Bertz CT molecular complexity index is 667. The molecule has 2 aromatic heterocycles. The topological polar surface area (TPSA) is 91.2 Å². The average Bonchev–Trinajstić information content (AvgIpc) is 3.04. The van der Waals surface area contributed by atoms with Crippen LogP contribution < -0.4 is 0 Å². The average molecular weight is 307 g/mol. The molecular formula is C15H21N3O4. The lowest BCUT2D eigenvalue weighted by Crippen LogP contribution is -2.14. The van der Waals surface area contributed by atoms with E-state index in [1.165, 1.54) is 0 Å². The van der Waals surface area contributed by atoms with Gasteiger partial charge in [0.25, 0.3) is 5.89 Å². The third kappa shape index (κ3) is 3.18. The Morgan fingerprint density at radius 2 is 1.95 bits per heavy atom. The molecule has 2 heterocycles. The van der Waals surface area contributed by atoms with Gasteiger partial charge in [0, 0.05) is 5.41 Å². The SMILES string of the molecule is CCc1noc(C)c1C(=O)O[C@H](C)c1nc(C(C)(C)C)no1. The van der Waals surface area contributed by atoms with Gasteiger partial charge >= 0.3 is 5.97 Å². The molecular weight excluding hydrogens is 286 g/mol. The quantitative estimate of drug-likeness (QED) is 0.801. The number of nitrogens with zero attached hydrogens (tertiary/aromatic N) is 3. The second kappa shape index (κ2) is 5.90. The zero-order valence-electron chi connectivity index (χ0n) is 13.8. The second-order valence-electron chi connectivity index (χ2n) is 6.17. The van der Waals surface area contributed by atoms with E-state index in [1.807, 2.05) is 27.7 Å². The van der Waals surface area contributed by atoms with Gasteiger partial charge in [0.15, 0.2) is 11.9 Å². The van der Waals surface area contributed by atoms with Gasteiger partial charge in [-0.05, 0) is 20.3 Å². The third-order valence-corrected chi connectivity index (χ3v) is 3.22. The lowest BCUT2D eigenvalue weighted by molar-refractivity contribution is 0.0262. The van der Waals surface area contributed by atoms with Gasteiger partial charge in [0.05, 0.1) is 5.69 Å². The van der Waals surface area contributed by atoms with E-state index in [0.29, 0.717) is 29.3 Å². The number of rotatable bonds is 4. The number of ether oxygens (including phenoxy) is 1. The molecule has 7 nitrogen and oxygen atoms in total. The van der Waals surface area contributed by atoms with Crippen LogP contribution in [0.3, 0.4) is 0 Å². The molecule has 0 amide bonds. The molecule has 0 aromatic carbocycles. The van der Waals surface area contributed by atoms with E-state index < -0.39 is 12.1 Å². The van der Waals surface area contributed by atoms with Crippen LogP contribution in [0.1, 0.15) is 74.2 Å². The monoisotopic (exact) mass is 307 g/mol. The van der Waals surface area contributed by atoms with Gasteiger partial charge in [-0.1, -0.05) is 38.0 Å². The summed E-state index contributed by atoms with van der Waals surface area (Å²) in [4.78, 5) is 16.6. The smallest absolute Gasteiger partial charge is 0.344 e. The summed E-state index contributed by atoms with van der Waals surface area (Å²) >= 11 is 0. The van der Waals surface area contributed by atoms with E-state index in [2.05, 4.69) is 15.3 Å². The largest absolute Gasteiger partial charge is 0.449 e. The van der Waals surface area contributed by atoms with E-state index in [1.54, 1.807) is 13.8 Å². The standard InChI is InChI=1S/C15H21N3O4/c1-7-10-11(8(2)21-17-10)13(19)20-9(3)12-16-14(18-22-12)15(4,5)6/h9H,7H2,1-6H3/t9-/m1/s1. The summed E-state index contributed by atoms with van der Waals surface area (Å²) in [6, 6.07) is 0. The van der Waals surface area contributed by atoms with Crippen molar-refractivity contribution >= 4 is 5.97 Å². The van der Waals surface area contributed by atoms with Crippen LogP contribution in [0.2, 0.25) is 0 Å². The third-order valence-electron chi connectivity index (χ3n) is 3.22. The van der Waals surface area contributed by atoms with E-state index in [9.17, 15) is 4.79 Å². The van der Waals surface area contributed by atoms with E-state index in [0.717, 1.165) is 0 Å². The van der Waals surface area contributed by atoms with Crippen LogP contribution in [0.4, 0.5) is 0 Å². The van der Waals surface area contributed by atoms with Gasteiger partial charge in [-0.15, -0.1) is 0 Å². The maximum atomic E-state index is 12.3. The molecule has 0 aliphatic rings. The number of carbonyl (C=O) groups is 1. The predicted octanol–water partition coefficient (Wildman–Crippen LogP) is 3.14. The van der Waals surface area contributed by atoms with Crippen molar-refractivity contribution in [3.63, 3.8) is 0 Å². The van der Waals surface area contributed by atoms with Crippen molar-refractivity contribution in [2.45, 2.75) is 59.5 Å². The van der Waals surface area contributed by atoms with Gasteiger partial charge in [-0.25, -0.2) is 4.79 Å². The summed E-state index contributed by atoms with van der Waals surface area (Å²) in [5.74, 6) is 0.778. The lowest BCUT2D eigenvalue weighted by atomic mass is 9.96. The summed E-state index contributed by atoms with van der Waals surface area (Å²) in [5.41, 5.74) is 0.715. The van der Waals surface area contributed by atoms with Crippen LogP contribution in [0.25, 0.3) is 0 Å². The van der Waals surface area contributed by atoms with Gasteiger partial charge in [0.2, 0.25) is 0 Å². The molecule has 2 rings (SSSR count). The Hall–Kier alpha value is -2.18. The summed E-state index contributed by atoms with van der Waals surface area (Å²) < 4.78 is 15.6. The van der Waals surface area contributed by atoms with Crippen LogP contribution in [0.15, 0.2) is 9.05 Å². The lowest BCUT2D eigenvalue weighted by Gasteiger charge is -2.11. The number of hydrogen-bond acceptors (Lipinski definition) is 7. The van der Waals surface area contributed by atoms with E-state index >= 15 is 0 Å². The molecule has 2 aromatic rings. The van der Waals surface area contributed by atoms with Crippen LogP contribution in [-0.4, -0.2) is 21.3 Å². The first-order valence-corrected chi connectivity index (χ1v) is 7.24. The fourth-order valence-corrected chi connectivity index (χ4v) is 1.90. The number of aromatic nitrogens is 3. The highest BCUT2D eigenvalue weighted by Crippen LogP contribution is 2.24. The number of hydrogen-bond donors (Lipinski definition) is 0. The highest BCUT2D eigenvalue weighted by atomic mass is 16.6. The summed E-state index contributed by atoms with van der Waals surface area (Å²) in [6.07, 6.45) is -0.0552. The minimum Gasteiger partial charge on any atom is -0.449 e. The second-order valence-corrected chi connectivity index (χ2v) is 6.17. The van der Waals surface area contributed by atoms with E-state index in [4.69, 9.17) is 13.8 Å². The van der Waals surface area contributed by atoms with Gasteiger partial charge in [0.1, 0.15) is 11.3 Å². The number of carbonyl (C=O) groups excluding carboxylic acids is 1. The first-order chi connectivity index (χ1) is 10.2. The van der Waals surface area contributed by atoms with Crippen molar-refractivity contribution in [1.82, 2.24) is 15.3 Å². The van der Waals surface area contributed by atoms with E-state index in [-0.39, 0.29) is 11.3 Å². The Morgan fingerprint density at radius 3 is 2.50 bits per heavy atom. The predicted molar refractivity (Wildman–Crippen MR) is 77.4 cm³/mol. The van der Waals surface area contributed by atoms with Crippen molar-refractivity contribution in [3.05, 3.63) is 28.7 Å². The zero-order chi connectivity index (χ0) is 16.5. The molecule has 0 saturated carbocycles. The van der Waals surface area contributed by atoms with Crippen molar-refractivity contribution in [2.24, 2.45) is 0 Å². The zero-order valence-corrected chi connectivity index (χ0v) is 13.8. The normalized spacial score (nSPS) is 13.2. The summed E-state index contributed by atoms with van der Waals surface area (Å²) in [6.45, 7) is 11.2.